The van der Waals surface area contributed by atoms with Crippen LogP contribution in [0.5, 0.6) is 0 Å². The van der Waals surface area contributed by atoms with Gasteiger partial charge in [-0.05, 0) is 55.7 Å². The lowest BCUT2D eigenvalue weighted by Gasteiger charge is -2.26. The number of anilines is 1. The van der Waals surface area contributed by atoms with Gasteiger partial charge < -0.3 is 14.2 Å². The van der Waals surface area contributed by atoms with Crippen molar-refractivity contribution >= 4 is 17.7 Å². The molecular weight excluding hydrogens is 435 g/mol. The average Bonchev–Trinajstić information content (AvgIpc) is 3.31. The fraction of sp³-hybridized carbons (Fsp3) is 0.346. The number of imidazole rings is 1. The predicted octanol–water partition coefficient (Wildman–Crippen LogP) is 4.40. The highest BCUT2D eigenvalue weighted by molar-refractivity contribution is 5.96. The summed E-state index contributed by atoms with van der Waals surface area (Å²) in [6, 6.07) is 13.5. The van der Waals surface area contributed by atoms with E-state index in [-0.39, 0.29) is 11.7 Å². The number of aryl methyl sites for hydroxylation is 1. The van der Waals surface area contributed by atoms with Crippen molar-refractivity contribution in [3.05, 3.63) is 83.7 Å². The van der Waals surface area contributed by atoms with Gasteiger partial charge in [0.15, 0.2) is 0 Å². The van der Waals surface area contributed by atoms with E-state index in [4.69, 9.17) is 4.74 Å². The lowest BCUT2D eigenvalue weighted by Crippen LogP contribution is -2.37. The number of rotatable bonds is 4. The average molecular weight is 463 g/mol. The molecule has 0 saturated carbocycles. The molecule has 2 fully saturated rings. The molecule has 3 heterocycles. The molecule has 0 N–H and O–H groups in total. The minimum absolute atomic E-state index is 0.00914. The standard InChI is InChI=1S/C26H27FN4O3/c1-19-28-13-16-30(19)17-20-5-2-3-6-23(20)24(32)29-14-4-11-26(12-15-29)18-31(25(33)34-26)22-9-7-21(27)8-10-22/h2-3,5-10,13,16H,4,11-12,14-15,17-18H2,1H3/t26-/m1/s1. The number of hydrogen-bond donors (Lipinski definition) is 0. The quantitative estimate of drug-likeness (QED) is 0.576. The molecule has 2 amide bonds. The Labute approximate surface area is 197 Å². The third-order valence-corrected chi connectivity index (χ3v) is 6.81. The van der Waals surface area contributed by atoms with Gasteiger partial charge in [0.2, 0.25) is 0 Å². The molecule has 2 saturated heterocycles. The Balaban J connectivity index is 1.30. The third-order valence-electron chi connectivity index (χ3n) is 6.81. The van der Waals surface area contributed by atoms with E-state index >= 15 is 0 Å². The molecule has 3 aromatic rings. The minimum Gasteiger partial charge on any atom is -0.441 e. The zero-order chi connectivity index (χ0) is 23.7. The second-order valence-corrected chi connectivity index (χ2v) is 9.02. The van der Waals surface area contributed by atoms with Crippen molar-refractivity contribution in [2.24, 2.45) is 0 Å². The Morgan fingerprint density at radius 3 is 2.68 bits per heavy atom. The van der Waals surface area contributed by atoms with Crippen LogP contribution in [0.3, 0.4) is 0 Å². The van der Waals surface area contributed by atoms with Crippen LogP contribution >= 0.6 is 0 Å². The number of amides is 2. The van der Waals surface area contributed by atoms with E-state index < -0.39 is 11.7 Å². The van der Waals surface area contributed by atoms with Gasteiger partial charge in [0.1, 0.15) is 17.2 Å². The molecule has 0 radical (unpaired) electrons. The van der Waals surface area contributed by atoms with Crippen LogP contribution in [0.25, 0.3) is 0 Å². The zero-order valence-electron chi connectivity index (χ0n) is 19.1. The molecule has 1 spiro atoms. The smallest absolute Gasteiger partial charge is 0.415 e. The van der Waals surface area contributed by atoms with Crippen LogP contribution in [0.15, 0.2) is 60.9 Å². The van der Waals surface area contributed by atoms with Crippen LogP contribution in [0.1, 0.15) is 41.0 Å². The van der Waals surface area contributed by atoms with Gasteiger partial charge in [-0.15, -0.1) is 0 Å². The van der Waals surface area contributed by atoms with Crippen molar-refractivity contribution in [2.75, 3.05) is 24.5 Å². The number of halogens is 1. The van der Waals surface area contributed by atoms with Gasteiger partial charge in [0.25, 0.3) is 5.91 Å². The summed E-state index contributed by atoms with van der Waals surface area (Å²) in [5.41, 5.74) is 1.60. The number of likely N-dealkylation sites (tertiary alicyclic amines) is 1. The molecule has 1 aromatic heterocycles. The number of nitrogens with zero attached hydrogens (tertiary/aromatic N) is 4. The second-order valence-electron chi connectivity index (χ2n) is 9.02. The molecule has 176 valence electrons. The van der Waals surface area contributed by atoms with Gasteiger partial charge in [-0.25, -0.2) is 14.2 Å². The third kappa shape index (κ3) is 4.27. The summed E-state index contributed by atoms with van der Waals surface area (Å²) < 4.78 is 21.2. The van der Waals surface area contributed by atoms with Crippen molar-refractivity contribution in [1.82, 2.24) is 14.5 Å². The summed E-state index contributed by atoms with van der Waals surface area (Å²) in [6.45, 7) is 4.03. The summed E-state index contributed by atoms with van der Waals surface area (Å²) in [4.78, 5) is 33.8. The number of ether oxygens (including phenoxy) is 1. The van der Waals surface area contributed by atoms with Crippen LogP contribution in [0, 0.1) is 12.7 Å². The van der Waals surface area contributed by atoms with E-state index in [0.717, 1.165) is 17.8 Å². The maximum Gasteiger partial charge on any atom is 0.415 e. The Hall–Kier alpha value is -3.68. The molecule has 5 rings (SSSR count). The molecular formula is C26H27FN4O3. The number of carbonyl (C=O) groups is 2. The first-order chi connectivity index (χ1) is 16.4. The Morgan fingerprint density at radius 1 is 1.12 bits per heavy atom. The molecule has 2 aliphatic rings. The summed E-state index contributed by atoms with van der Waals surface area (Å²) in [7, 11) is 0. The van der Waals surface area contributed by atoms with E-state index in [1.165, 1.54) is 12.1 Å². The number of hydrogen-bond acceptors (Lipinski definition) is 4. The van der Waals surface area contributed by atoms with Crippen LogP contribution in [-0.4, -0.2) is 51.7 Å². The van der Waals surface area contributed by atoms with E-state index in [1.807, 2.05) is 46.9 Å². The topological polar surface area (TPSA) is 67.7 Å². The van der Waals surface area contributed by atoms with E-state index in [9.17, 15) is 14.0 Å². The highest BCUT2D eigenvalue weighted by atomic mass is 19.1. The van der Waals surface area contributed by atoms with Gasteiger partial charge in [-0.3, -0.25) is 9.69 Å². The van der Waals surface area contributed by atoms with Gasteiger partial charge in [0, 0.05) is 49.7 Å². The Bertz CT molecular complexity index is 1210. The number of benzene rings is 2. The van der Waals surface area contributed by atoms with Crippen molar-refractivity contribution in [3.8, 4) is 0 Å². The zero-order valence-corrected chi connectivity index (χ0v) is 19.1. The van der Waals surface area contributed by atoms with Crippen molar-refractivity contribution < 1.29 is 18.7 Å². The SMILES string of the molecule is Cc1nccn1Cc1ccccc1C(=O)N1CCC[C@@]2(CC1)CN(c1ccc(F)cc1)C(=O)O2. The first-order valence-corrected chi connectivity index (χ1v) is 11.6. The molecule has 34 heavy (non-hydrogen) atoms. The lowest BCUT2D eigenvalue weighted by atomic mass is 9.95. The second kappa shape index (κ2) is 8.93. The molecule has 0 unspecified atom stereocenters. The maximum absolute atomic E-state index is 13.5. The first-order valence-electron chi connectivity index (χ1n) is 11.6. The highest BCUT2D eigenvalue weighted by Crippen LogP contribution is 2.36. The van der Waals surface area contributed by atoms with Crippen molar-refractivity contribution in [2.45, 2.75) is 38.3 Å². The van der Waals surface area contributed by atoms with Crippen molar-refractivity contribution in [3.63, 3.8) is 0 Å². The monoisotopic (exact) mass is 462 g/mol. The van der Waals surface area contributed by atoms with Crippen LogP contribution in [0.2, 0.25) is 0 Å². The fourth-order valence-corrected chi connectivity index (χ4v) is 4.87. The van der Waals surface area contributed by atoms with Gasteiger partial charge >= 0.3 is 6.09 Å². The number of carbonyl (C=O) groups excluding carboxylic acids is 2. The lowest BCUT2D eigenvalue weighted by molar-refractivity contribution is 0.0438. The van der Waals surface area contributed by atoms with Gasteiger partial charge in [-0.1, -0.05) is 18.2 Å². The molecule has 7 nitrogen and oxygen atoms in total. The highest BCUT2D eigenvalue weighted by Gasteiger charge is 2.46. The van der Waals surface area contributed by atoms with E-state index in [0.29, 0.717) is 50.3 Å². The molecule has 0 bridgehead atoms. The van der Waals surface area contributed by atoms with Gasteiger partial charge in [-0.2, -0.15) is 0 Å². The van der Waals surface area contributed by atoms with Gasteiger partial charge in [0.05, 0.1) is 6.54 Å². The largest absolute Gasteiger partial charge is 0.441 e. The predicted molar refractivity (Wildman–Crippen MR) is 125 cm³/mol. The fourth-order valence-electron chi connectivity index (χ4n) is 4.87. The van der Waals surface area contributed by atoms with Crippen molar-refractivity contribution in [1.29, 1.82) is 0 Å². The van der Waals surface area contributed by atoms with Crippen LogP contribution in [-0.2, 0) is 11.3 Å². The maximum atomic E-state index is 13.5. The molecule has 8 heteroatoms. The molecule has 1 atom stereocenters. The normalized spacial score (nSPS) is 20.5. The summed E-state index contributed by atoms with van der Waals surface area (Å²) >= 11 is 0. The van der Waals surface area contributed by atoms with Crippen LogP contribution < -0.4 is 4.90 Å². The molecule has 0 aliphatic carbocycles. The van der Waals surface area contributed by atoms with Crippen LogP contribution in [0.4, 0.5) is 14.9 Å². The minimum atomic E-state index is -0.645. The number of aromatic nitrogens is 2. The first kappa shape index (κ1) is 22.1. The van der Waals surface area contributed by atoms with E-state index in [2.05, 4.69) is 4.98 Å². The molecule has 2 aromatic carbocycles. The Morgan fingerprint density at radius 2 is 1.91 bits per heavy atom. The Kier molecular flexibility index (Phi) is 5.81. The van der Waals surface area contributed by atoms with E-state index in [1.54, 1.807) is 23.2 Å². The summed E-state index contributed by atoms with van der Waals surface area (Å²) in [5.74, 6) is 0.538. The molecule has 2 aliphatic heterocycles. The summed E-state index contributed by atoms with van der Waals surface area (Å²) in [5, 5.41) is 0. The summed E-state index contributed by atoms with van der Waals surface area (Å²) in [6.07, 6.45) is 5.22.